The Morgan fingerprint density at radius 3 is 2.45 bits per heavy atom. The number of hydrogen-bond donors (Lipinski definition) is 1. The number of methoxy groups -OCH3 is 2. The van der Waals surface area contributed by atoms with Crippen LogP contribution in [0.25, 0.3) is 0 Å². The molecule has 2 aliphatic rings. The summed E-state index contributed by atoms with van der Waals surface area (Å²) >= 11 is 0. The second-order valence-corrected chi connectivity index (χ2v) is 5.97. The summed E-state index contributed by atoms with van der Waals surface area (Å²) in [5.41, 5.74) is 7.37. The quantitative estimate of drug-likeness (QED) is 0.915. The molecule has 0 aliphatic carbocycles. The first kappa shape index (κ1) is 13.7. The van der Waals surface area contributed by atoms with Crippen molar-refractivity contribution in [2.24, 2.45) is 5.73 Å². The molecule has 0 aromatic heterocycles. The molecule has 0 spiro atoms. The van der Waals surface area contributed by atoms with E-state index in [9.17, 15) is 0 Å². The lowest BCUT2D eigenvalue weighted by Gasteiger charge is -2.37. The molecule has 2 N–H and O–H groups in total. The Kier molecular flexibility index (Phi) is 3.85. The van der Waals surface area contributed by atoms with E-state index in [1.165, 1.54) is 18.4 Å². The highest BCUT2D eigenvalue weighted by molar-refractivity contribution is 5.40. The van der Waals surface area contributed by atoms with Gasteiger partial charge in [0.2, 0.25) is 0 Å². The second-order valence-electron chi connectivity index (χ2n) is 5.97. The molecule has 4 nitrogen and oxygen atoms in total. The predicted molar refractivity (Wildman–Crippen MR) is 79.1 cm³/mol. The number of hydrogen-bond acceptors (Lipinski definition) is 4. The number of nitrogens with two attached hydrogens (primary N) is 1. The van der Waals surface area contributed by atoms with E-state index in [-0.39, 0.29) is 0 Å². The topological polar surface area (TPSA) is 47.7 Å². The monoisotopic (exact) mass is 276 g/mol. The summed E-state index contributed by atoms with van der Waals surface area (Å²) in [7, 11) is 3.40. The van der Waals surface area contributed by atoms with E-state index in [1.54, 1.807) is 14.2 Å². The Labute approximate surface area is 120 Å². The van der Waals surface area contributed by atoms with Crippen LogP contribution in [-0.2, 0) is 6.54 Å². The summed E-state index contributed by atoms with van der Waals surface area (Å²) in [4.78, 5) is 2.62. The average molecular weight is 276 g/mol. The number of rotatable bonds is 4. The highest BCUT2D eigenvalue weighted by Crippen LogP contribution is 2.37. The van der Waals surface area contributed by atoms with Crippen molar-refractivity contribution in [1.29, 1.82) is 0 Å². The van der Waals surface area contributed by atoms with Gasteiger partial charge in [0, 0.05) is 36.3 Å². The number of nitrogens with zero attached hydrogens (tertiary/aromatic N) is 1. The van der Waals surface area contributed by atoms with E-state index in [2.05, 4.69) is 11.0 Å². The van der Waals surface area contributed by atoms with Crippen LogP contribution in [0.5, 0.6) is 11.5 Å². The zero-order valence-electron chi connectivity index (χ0n) is 12.3. The van der Waals surface area contributed by atoms with Gasteiger partial charge in [-0.3, -0.25) is 4.90 Å². The van der Waals surface area contributed by atoms with E-state index in [1.807, 2.05) is 12.1 Å². The van der Waals surface area contributed by atoms with Crippen LogP contribution >= 0.6 is 0 Å². The van der Waals surface area contributed by atoms with Gasteiger partial charge in [0.25, 0.3) is 0 Å². The van der Waals surface area contributed by atoms with Crippen LogP contribution in [-0.4, -0.2) is 37.2 Å². The molecule has 2 aliphatic heterocycles. The van der Waals surface area contributed by atoms with Gasteiger partial charge in [-0.25, -0.2) is 0 Å². The molecule has 2 bridgehead atoms. The van der Waals surface area contributed by atoms with E-state index in [0.29, 0.717) is 18.1 Å². The largest absolute Gasteiger partial charge is 0.497 e. The summed E-state index contributed by atoms with van der Waals surface area (Å²) in [6.45, 7) is 0.954. The van der Waals surface area contributed by atoms with Crippen molar-refractivity contribution in [3.63, 3.8) is 0 Å². The first-order chi connectivity index (χ1) is 9.71. The van der Waals surface area contributed by atoms with Crippen LogP contribution in [0.1, 0.15) is 31.2 Å². The van der Waals surface area contributed by atoms with Crippen molar-refractivity contribution in [3.8, 4) is 11.5 Å². The molecule has 1 aromatic carbocycles. The summed E-state index contributed by atoms with van der Waals surface area (Å²) in [6, 6.07) is 7.78. The molecule has 2 saturated heterocycles. The van der Waals surface area contributed by atoms with Crippen LogP contribution in [0.4, 0.5) is 0 Å². The molecule has 0 saturated carbocycles. The zero-order valence-corrected chi connectivity index (χ0v) is 12.3. The Balaban J connectivity index is 1.78. The third-order valence-electron chi connectivity index (χ3n) is 4.77. The molecular formula is C16H24N2O2. The lowest BCUT2D eigenvalue weighted by molar-refractivity contribution is 0.119. The van der Waals surface area contributed by atoms with Gasteiger partial charge in [0.05, 0.1) is 14.2 Å². The number of ether oxygens (including phenoxy) is 2. The van der Waals surface area contributed by atoms with E-state index >= 15 is 0 Å². The highest BCUT2D eigenvalue weighted by atomic mass is 16.5. The third kappa shape index (κ3) is 2.50. The molecule has 0 amide bonds. The van der Waals surface area contributed by atoms with Crippen molar-refractivity contribution in [1.82, 2.24) is 4.90 Å². The van der Waals surface area contributed by atoms with Gasteiger partial charge >= 0.3 is 0 Å². The fourth-order valence-electron chi connectivity index (χ4n) is 3.75. The van der Waals surface area contributed by atoms with Crippen molar-refractivity contribution < 1.29 is 9.47 Å². The smallest absolute Gasteiger partial charge is 0.127 e. The fourth-order valence-corrected chi connectivity index (χ4v) is 3.75. The van der Waals surface area contributed by atoms with Gasteiger partial charge in [-0.15, -0.1) is 0 Å². The normalized spacial score (nSPS) is 29.4. The fraction of sp³-hybridized carbons (Fsp3) is 0.625. The molecular weight excluding hydrogens is 252 g/mol. The lowest BCUT2D eigenvalue weighted by Crippen LogP contribution is -2.46. The molecule has 110 valence electrons. The number of piperidine rings is 1. The van der Waals surface area contributed by atoms with E-state index in [4.69, 9.17) is 15.2 Å². The van der Waals surface area contributed by atoms with Gasteiger partial charge in [-0.05, 0) is 31.7 Å². The van der Waals surface area contributed by atoms with Crippen LogP contribution in [0.2, 0.25) is 0 Å². The van der Waals surface area contributed by atoms with Gasteiger partial charge < -0.3 is 15.2 Å². The van der Waals surface area contributed by atoms with Crippen LogP contribution in [0.3, 0.4) is 0 Å². The molecule has 2 unspecified atom stereocenters. The average Bonchev–Trinajstić information content (AvgIpc) is 2.70. The maximum absolute atomic E-state index is 6.14. The van der Waals surface area contributed by atoms with Crippen molar-refractivity contribution >= 4 is 0 Å². The van der Waals surface area contributed by atoms with Crippen molar-refractivity contribution in [2.45, 2.75) is 50.4 Å². The maximum atomic E-state index is 6.14. The Morgan fingerprint density at radius 1 is 1.15 bits per heavy atom. The molecule has 3 rings (SSSR count). The molecule has 4 heteroatoms. The van der Waals surface area contributed by atoms with Crippen molar-refractivity contribution in [3.05, 3.63) is 23.8 Å². The van der Waals surface area contributed by atoms with Crippen molar-refractivity contribution in [2.75, 3.05) is 14.2 Å². The molecule has 2 fully saturated rings. The van der Waals surface area contributed by atoms with Gasteiger partial charge in [0.15, 0.2) is 0 Å². The molecule has 0 radical (unpaired) electrons. The highest BCUT2D eigenvalue weighted by Gasteiger charge is 2.39. The molecule has 1 aromatic rings. The minimum atomic E-state index is 0.390. The summed E-state index contributed by atoms with van der Waals surface area (Å²) in [6.07, 6.45) is 4.84. The Hall–Kier alpha value is -1.26. The van der Waals surface area contributed by atoms with Crippen LogP contribution in [0, 0.1) is 0 Å². The SMILES string of the molecule is COc1ccc(CN2C3CCC2CC(N)C3)c(OC)c1. The second kappa shape index (κ2) is 5.62. The minimum absolute atomic E-state index is 0.390. The standard InChI is InChI=1S/C16H24N2O2/c1-19-15-6-3-11(16(9-15)20-2)10-18-13-4-5-14(18)8-12(17)7-13/h3,6,9,12-14H,4-5,7-8,10,17H2,1-2H3. The predicted octanol–water partition coefficient (Wildman–Crippen LogP) is 2.16. The summed E-state index contributed by atoms with van der Waals surface area (Å²) in [5, 5.41) is 0. The summed E-state index contributed by atoms with van der Waals surface area (Å²) in [5.74, 6) is 1.76. The first-order valence-electron chi connectivity index (χ1n) is 7.43. The maximum Gasteiger partial charge on any atom is 0.127 e. The lowest BCUT2D eigenvalue weighted by atomic mass is 9.97. The molecule has 20 heavy (non-hydrogen) atoms. The molecule has 2 heterocycles. The van der Waals surface area contributed by atoms with Gasteiger partial charge in [-0.1, -0.05) is 6.07 Å². The Morgan fingerprint density at radius 2 is 1.85 bits per heavy atom. The van der Waals surface area contributed by atoms with Crippen LogP contribution in [0.15, 0.2) is 18.2 Å². The minimum Gasteiger partial charge on any atom is -0.497 e. The van der Waals surface area contributed by atoms with Gasteiger partial charge in [-0.2, -0.15) is 0 Å². The number of benzene rings is 1. The molecule has 2 atom stereocenters. The summed E-state index contributed by atoms with van der Waals surface area (Å²) < 4.78 is 10.8. The van der Waals surface area contributed by atoms with E-state index in [0.717, 1.165) is 30.9 Å². The zero-order chi connectivity index (χ0) is 14.1. The van der Waals surface area contributed by atoms with Gasteiger partial charge in [0.1, 0.15) is 11.5 Å². The van der Waals surface area contributed by atoms with E-state index < -0.39 is 0 Å². The van der Waals surface area contributed by atoms with Crippen LogP contribution < -0.4 is 15.2 Å². The first-order valence-corrected chi connectivity index (χ1v) is 7.43. The Bertz CT molecular complexity index is 464. The third-order valence-corrected chi connectivity index (χ3v) is 4.77. The number of fused-ring (bicyclic) bond motifs is 2.